The molecular formula is C12H18N2O4. The first kappa shape index (κ1) is 12.9. The Hall–Kier alpha value is -1.59. The summed E-state index contributed by atoms with van der Waals surface area (Å²) in [5.41, 5.74) is 0. The second-order valence-corrected chi connectivity index (χ2v) is 5.08. The predicted molar refractivity (Wildman–Crippen MR) is 62.7 cm³/mol. The second kappa shape index (κ2) is 4.96. The van der Waals surface area contributed by atoms with Gasteiger partial charge < -0.3 is 14.9 Å². The quantitative estimate of drug-likeness (QED) is 0.739. The molecule has 18 heavy (non-hydrogen) atoms. The van der Waals surface area contributed by atoms with Gasteiger partial charge in [0, 0.05) is 33.1 Å². The number of hydrogen-bond donors (Lipinski definition) is 1. The molecule has 1 atom stereocenters. The molecule has 1 unspecified atom stereocenters. The van der Waals surface area contributed by atoms with Gasteiger partial charge in [0.25, 0.3) is 0 Å². The van der Waals surface area contributed by atoms with Gasteiger partial charge in [-0.1, -0.05) is 0 Å². The van der Waals surface area contributed by atoms with Crippen LogP contribution in [0.1, 0.15) is 19.8 Å². The number of carbonyl (C=O) groups is 3. The molecule has 0 aromatic rings. The Kier molecular flexibility index (Phi) is 3.54. The maximum absolute atomic E-state index is 12.1. The number of rotatable bonds is 2. The highest BCUT2D eigenvalue weighted by molar-refractivity contribution is 5.83. The van der Waals surface area contributed by atoms with Crippen LogP contribution in [0.15, 0.2) is 0 Å². The summed E-state index contributed by atoms with van der Waals surface area (Å²) >= 11 is 0. The minimum Gasteiger partial charge on any atom is -0.481 e. The van der Waals surface area contributed by atoms with Crippen molar-refractivity contribution in [2.75, 3.05) is 26.2 Å². The summed E-state index contributed by atoms with van der Waals surface area (Å²) in [6.45, 7) is 3.33. The van der Waals surface area contributed by atoms with Gasteiger partial charge >= 0.3 is 5.97 Å². The van der Waals surface area contributed by atoms with Gasteiger partial charge in [0.2, 0.25) is 11.8 Å². The third-order valence-corrected chi connectivity index (χ3v) is 3.76. The van der Waals surface area contributed by atoms with E-state index < -0.39 is 11.9 Å². The molecule has 2 aliphatic heterocycles. The zero-order valence-electron chi connectivity index (χ0n) is 10.5. The zero-order valence-corrected chi connectivity index (χ0v) is 10.5. The van der Waals surface area contributed by atoms with E-state index in [0.717, 1.165) is 19.4 Å². The highest BCUT2D eigenvalue weighted by Crippen LogP contribution is 2.24. The highest BCUT2D eigenvalue weighted by Gasteiger charge is 2.39. The van der Waals surface area contributed by atoms with E-state index in [9.17, 15) is 14.4 Å². The molecule has 2 fully saturated rings. The minimum absolute atomic E-state index is 0.000443. The molecule has 2 saturated heterocycles. The molecule has 6 nitrogen and oxygen atoms in total. The Morgan fingerprint density at radius 2 is 1.67 bits per heavy atom. The summed E-state index contributed by atoms with van der Waals surface area (Å²) in [6.07, 6.45) is 1.63. The lowest BCUT2D eigenvalue weighted by atomic mass is 9.92. The molecule has 0 saturated carbocycles. The average molecular weight is 254 g/mol. The molecule has 0 bridgehead atoms. The van der Waals surface area contributed by atoms with Gasteiger partial charge in [0.15, 0.2) is 0 Å². The summed E-state index contributed by atoms with van der Waals surface area (Å²) in [5.74, 6) is -1.41. The smallest absolute Gasteiger partial charge is 0.310 e. The Morgan fingerprint density at radius 1 is 1.06 bits per heavy atom. The molecule has 100 valence electrons. The third kappa shape index (κ3) is 2.47. The van der Waals surface area contributed by atoms with E-state index in [1.165, 1.54) is 6.92 Å². The number of aliphatic carboxylic acids is 1. The van der Waals surface area contributed by atoms with Crippen LogP contribution in [0.2, 0.25) is 0 Å². The van der Waals surface area contributed by atoms with Crippen molar-refractivity contribution in [2.45, 2.75) is 19.8 Å². The first-order valence-corrected chi connectivity index (χ1v) is 6.26. The molecule has 2 heterocycles. The van der Waals surface area contributed by atoms with Crippen molar-refractivity contribution in [1.82, 2.24) is 9.80 Å². The van der Waals surface area contributed by atoms with Crippen LogP contribution in [-0.4, -0.2) is 58.9 Å². The number of carboxylic acids is 1. The van der Waals surface area contributed by atoms with Crippen LogP contribution in [0.3, 0.4) is 0 Å². The van der Waals surface area contributed by atoms with E-state index in [1.54, 1.807) is 9.80 Å². The number of nitrogens with zero attached hydrogens (tertiary/aromatic N) is 2. The lowest BCUT2D eigenvalue weighted by molar-refractivity contribution is -0.155. The summed E-state index contributed by atoms with van der Waals surface area (Å²) in [6, 6.07) is 0. The Bertz CT molecular complexity index is 376. The standard InChI is InChI=1S/C12H18N2O4/c1-8(15)13-4-2-3-9(5-13)11(16)14-6-10(7-14)12(17)18/h9-10H,2-7H2,1H3,(H,17,18). The summed E-state index contributed by atoms with van der Waals surface area (Å²) in [5, 5.41) is 8.77. The molecule has 6 heteroatoms. The van der Waals surface area contributed by atoms with Gasteiger partial charge in [-0.15, -0.1) is 0 Å². The predicted octanol–water partition coefficient (Wildman–Crippen LogP) is -0.212. The van der Waals surface area contributed by atoms with Gasteiger partial charge in [-0.25, -0.2) is 0 Å². The molecule has 0 aromatic carbocycles. The molecule has 0 spiro atoms. The maximum atomic E-state index is 12.1. The summed E-state index contributed by atoms with van der Waals surface area (Å²) < 4.78 is 0. The van der Waals surface area contributed by atoms with E-state index >= 15 is 0 Å². The molecule has 2 rings (SSSR count). The van der Waals surface area contributed by atoms with Crippen LogP contribution in [0.4, 0.5) is 0 Å². The van der Waals surface area contributed by atoms with E-state index in [1.807, 2.05) is 0 Å². The molecule has 0 aromatic heterocycles. The van der Waals surface area contributed by atoms with Crippen LogP contribution >= 0.6 is 0 Å². The van der Waals surface area contributed by atoms with Gasteiger partial charge in [0.05, 0.1) is 11.8 Å². The van der Waals surface area contributed by atoms with Crippen LogP contribution in [0, 0.1) is 11.8 Å². The molecule has 1 N–H and O–H groups in total. The van der Waals surface area contributed by atoms with Crippen molar-refractivity contribution in [3.63, 3.8) is 0 Å². The topological polar surface area (TPSA) is 77.9 Å². The van der Waals surface area contributed by atoms with Gasteiger partial charge in [-0.05, 0) is 12.8 Å². The van der Waals surface area contributed by atoms with Crippen LogP contribution < -0.4 is 0 Å². The minimum atomic E-state index is -0.840. The maximum Gasteiger partial charge on any atom is 0.310 e. The van der Waals surface area contributed by atoms with Crippen molar-refractivity contribution in [1.29, 1.82) is 0 Å². The first-order valence-electron chi connectivity index (χ1n) is 6.26. The fourth-order valence-electron chi connectivity index (χ4n) is 2.54. The Labute approximate surface area is 106 Å². The summed E-state index contributed by atoms with van der Waals surface area (Å²) in [4.78, 5) is 37.4. The van der Waals surface area contributed by atoms with Crippen LogP contribution in [0.25, 0.3) is 0 Å². The van der Waals surface area contributed by atoms with Gasteiger partial charge in [-0.3, -0.25) is 14.4 Å². The zero-order chi connectivity index (χ0) is 13.3. The van der Waals surface area contributed by atoms with Crippen LogP contribution in [0.5, 0.6) is 0 Å². The van der Waals surface area contributed by atoms with E-state index in [-0.39, 0.29) is 17.7 Å². The van der Waals surface area contributed by atoms with Crippen molar-refractivity contribution < 1.29 is 19.5 Å². The molecule has 0 radical (unpaired) electrons. The Balaban J connectivity index is 1.86. The van der Waals surface area contributed by atoms with Crippen molar-refractivity contribution in [3.8, 4) is 0 Å². The fourth-order valence-corrected chi connectivity index (χ4v) is 2.54. The van der Waals surface area contributed by atoms with Crippen molar-refractivity contribution in [3.05, 3.63) is 0 Å². The fraction of sp³-hybridized carbons (Fsp3) is 0.750. The van der Waals surface area contributed by atoms with Gasteiger partial charge in [-0.2, -0.15) is 0 Å². The normalized spacial score (nSPS) is 24.6. The monoisotopic (exact) mass is 254 g/mol. The van der Waals surface area contributed by atoms with Crippen LogP contribution in [-0.2, 0) is 14.4 Å². The average Bonchev–Trinajstić information content (AvgIpc) is 2.26. The number of piperidine rings is 1. The lowest BCUT2D eigenvalue weighted by Crippen LogP contribution is -2.56. The highest BCUT2D eigenvalue weighted by atomic mass is 16.4. The van der Waals surface area contributed by atoms with E-state index in [4.69, 9.17) is 5.11 Å². The number of hydrogen-bond acceptors (Lipinski definition) is 3. The Morgan fingerprint density at radius 3 is 2.22 bits per heavy atom. The van der Waals surface area contributed by atoms with E-state index in [0.29, 0.717) is 19.6 Å². The lowest BCUT2D eigenvalue weighted by Gasteiger charge is -2.41. The van der Waals surface area contributed by atoms with Gasteiger partial charge in [0.1, 0.15) is 0 Å². The second-order valence-electron chi connectivity index (χ2n) is 5.08. The largest absolute Gasteiger partial charge is 0.481 e. The number of likely N-dealkylation sites (tertiary alicyclic amines) is 2. The number of carbonyl (C=O) groups excluding carboxylic acids is 2. The first-order chi connectivity index (χ1) is 8.49. The molecule has 2 aliphatic rings. The summed E-state index contributed by atoms with van der Waals surface area (Å²) in [7, 11) is 0. The van der Waals surface area contributed by atoms with E-state index in [2.05, 4.69) is 0 Å². The third-order valence-electron chi connectivity index (χ3n) is 3.76. The molecule has 2 amide bonds. The molecular weight excluding hydrogens is 236 g/mol. The SMILES string of the molecule is CC(=O)N1CCCC(C(=O)N2CC(C(=O)O)C2)C1. The number of amides is 2. The van der Waals surface area contributed by atoms with Crippen molar-refractivity contribution >= 4 is 17.8 Å². The van der Waals surface area contributed by atoms with Crippen molar-refractivity contribution in [2.24, 2.45) is 11.8 Å². The number of carboxylic acid groups (broad SMARTS) is 1. The molecule has 0 aliphatic carbocycles.